The van der Waals surface area contributed by atoms with Crippen molar-refractivity contribution in [2.24, 2.45) is 0 Å². The topological polar surface area (TPSA) is 101 Å². The van der Waals surface area contributed by atoms with Gasteiger partial charge in [0.25, 0.3) is 0 Å². The number of aryl methyl sites for hydroxylation is 2. The largest absolute Gasteiger partial charge is 0.477 e. The summed E-state index contributed by atoms with van der Waals surface area (Å²) < 4.78 is 5.08. The molecule has 2 rings (SSSR count). The minimum absolute atomic E-state index is 0.0247. The number of hydrogen-bond donors (Lipinski definition) is 2. The summed E-state index contributed by atoms with van der Waals surface area (Å²) in [6.07, 6.45) is 2.99. The molecule has 7 nitrogen and oxygen atoms in total. The molecule has 19 heavy (non-hydrogen) atoms. The molecule has 0 aromatic carbocycles. The van der Waals surface area contributed by atoms with Gasteiger partial charge >= 0.3 is 5.97 Å². The van der Waals surface area contributed by atoms with Crippen molar-refractivity contribution in [3.63, 3.8) is 0 Å². The fourth-order valence-electron chi connectivity index (χ4n) is 1.56. The summed E-state index contributed by atoms with van der Waals surface area (Å²) in [7, 11) is 0. The van der Waals surface area contributed by atoms with Crippen LogP contribution >= 0.6 is 0 Å². The maximum Gasteiger partial charge on any atom is 0.354 e. The zero-order valence-electron chi connectivity index (χ0n) is 10.5. The van der Waals surface area contributed by atoms with Crippen LogP contribution in [0.2, 0.25) is 0 Å². The van der Waals surface area contributed by atoms with Gasteiger partial charge in [-0.3, -0.25) is 0 Å². The van der Waals surface area contributed by atoms with Crippen molar-refractivity contribution in [3.8, 4) is 0 Å². The molecule has 0 radical (unpaired) electrons. The second-order valence-electron chi connectivity index (χ2n) is 4.04. The number of anilines is 1. The van der Waals surface area contributed by atoms with Gasteiger partial charge in [0.2, 0.25) is 5.95 Å². The highest BCUT2D eigenvalue weighted by atomic mass is 16.5. The van der Waals surface area contributed by atoms with Gasteiger partial charge in [0.15, 0.2) is 5.69 Å². The molecular weight excluding hydrogens is 248 g/mol. The van der Waals surface area contributed by atoms with Gasteiger partial charge in [0.05, 0.1) is 5.69 Å². The maximum absolute atomic E-state index is 10.7. The number of hydrogen-bond acceptors (Lipinski definition) is 6. The normalized spacial score (nSPS) is 10.4. The molecule has 0 saturated heterocycles. The molecule has 2 aromatic rings. The summed E-state index contributed by atoms with van der Waals surface area (Å²) in [5, 5.41) is 15.6. The Balaban J connectivity index is 1.79. The molecule has 0 aliphatic heterocycles. The van der Waals surface area contributed by atoms with Crippen LogP contribution in [0.5, 0.6) is 0 Å². The minimum Gasteiger partial charge on any atom is -0.477 e. The highest BCUT2D eigenvalue weighted by Crippen LogP contribution is 2.06. The first kappa shape index (κ1) is 13.0. The van der Waals surface area contributed by atoms with E-state index in [0.717, 1.165) is 24.3 Å². The maximum atomic E-state index is 10.7. The summed E-state index contributed by atoms with van der Waals surface area (Å²) in [5.41, 5.74) is 0.837. The zero-order valence-corrected chi connectivity index (χ0v) is 10.5. The highest BCUT2D eigenvalue weighted by molar-refractivity contribution is 5.85. The monoisotopic (exact) mass is 262 g/mol. The number of nitrogens with one attached hydrogen (secondary N) is 1. The van der Waals surface area contributed by atoms with E-state index in [2.05, 4.69) is 20.4 Å². The average Bonchev–Trinajstić information content (AvgIpc) is 2.81. The van der Waals surface area contributed by atoms with E-state index < -0.39 is 5.97 Å². The lowest BCUT2D eigenvalue weighted by Crippen LogP contribution is -2.09. The highest BCUT2D eigenvalue weighted by Gasteiger charge is 2.06. The van der Waals surface area contributed by atoms with Crippen molar-refractivity contribution in [1.82, 2.24) is 15.1 Å². The van der Waals surface area contributed by atoms with E-state index in [1.165, 1.54) is 12.3 Å². The van der Waals surface area contributed by atoms with E-state index in [-0.39, 0.29) is 5.69 Å². The number of aromatic nitrogens is 3. The third-order valence-electron chi connectivity index (χ3n) is 2.43. The molecule has 0 bridgehead atoms. The third-order valence-corrected chi connectivity index (χ3v) is 2.43. The van der Waals surface area contributed by atoms with Crippen molar-refractivity contribution < 1.29 is 14.4 Å². The molecule has 2 N–H and O–H groups in total. The Labute approximate surface area is 109 Å². The fraction of sp³-hybridized carbons (Fsp3) is 0.333. The molecule has 0 fully saturated rings. The molecule has 0 amide bonds. The van der Waals surface area contributed by atoms with Crippen LogP contribution < -0.4 is 5.32 Å². The molecular formula is C12H14N4O3. The van der Waals surface area contributed by atoms with E-state index in [4.69, 9.17) is 9.63 Å². The van der Waals surface area contributed by atoms with Crippen molar-refractivity contribution in [2.45, 2.75) is 19.8 Å². The van der Waals surface area contributed by atoms with Gasteiger partial charge in [-0.2, -0.15) is 0 Å². The lowest BCUT2D eigenvalue weighted by atomic mass is 10.2. The second kappa shape index (κ2) is 5.94. The molecule has 100 valence electrons. The van der Waals surface area contributed by atoms with Crippen LogP contribution in [-0.4, -0.2) is 32.7 Å². The Kier molecular flexibility index (Phi) is 4.07. The summed E-state index contributed by atoms with van der Waals surface area (Å²) >= 11 is 0. The van der Waals surface area contributed by atoms with Crippen LogP contribution in [0.3, 0.4) is 0 Å². The van der Waals surface area contributed by atoms with Gasteiger partial charge in [-0.25, -0.2) is 14.8 Å². The van der Waals surface area contributed by atoms with E-state index >= 15 is 0 Å². The first-order valence-electron chi connectivity index (χ1n) is 5.87. The number of carboxylic acids is 1. The van der Waals surface area contributed by atoms with Crippen molar-refractivity contribution in [2.75, 3.05) is 11.9 Å². The Hall–Kier alpha value is -2.44. The third kappa shape index (κ3) is 3.77. The van der Waals surface area contributed by atoms with E-state index in [1.807, 2.05) is 13.0 Å². The molecule has 2 aromatic heterocycles. The van der Waals surface area contributed by atoms with E-state index in [1.54, 1.807) is 0 Å². The predicted molar refractivity (Wildman–Crippen MR) is 67.0 cm³/mol. The van der Waals surface area contributed by atoms with Crippen LogP contribution in [0.15, 0.2) is 22.9 Å². The van der Waals surface area contributed by atoms with Crippen molar-refractivity contribution in [1.29, 1.82) is 0 Å². The van der Waals surface area contributed by atoms with Gasteiger partial charge < -0.3 is 14.9 Å². The zero-order chi connectivity index (χ0) is 13.7. The summed E-state index contributed by atoms with van der Waals surface area (Å²) in [4.78, 5) is 18.5. The molecule has 7 heteroatoms. The number of aromatic carboxylic acids is 1. The number of rotatable bonds is 6. The number of carboxylic acid groups (broad SMARTS) is 1. The lowest BCUT2D eigenvalue weighted by molar-refractivity contribution is 0.0690. The summed E-state index contributed by atoms with van der Waals surface area (Å²) in [6, 6.07) is 3.24. The first-order valence-corrected chi connectivity index (χ1v) is 5.87. The standard InChI is InChI=1S/C12H14N4O3/c1-8-7-9(19-16-8)3-2-5-13-12-14-6-4-10(15-12)11(17)18/h4,6-7H,2-3,5H2,1H3,(H,17,18)(H,13,14,15). The van der Waals surface area contributed by atoms with Gasteiger partial charge in [-0.15, -0.1) is 0 Å². The summed E-state index contributed by atoms with van der Waals surface area (Å²) in [5.74, 6) is 0.0794. The van der Waals surface area contributed by atoms with Crippen molar-refractivity contribution in [3.05, 3.63) is 35.5 Å². The first-order chi connectivity index (χ1) is 9.15. The van der Waals surface area contributed by atoms with Gasteiger partial charge in [0.1, 0.15) is 5.76 Å². The van der Waals surface area contributed by atoms with Crippen LogP contribution in [0.1, 0.15) is 28.4 Å². The minimum atomic E-state index is -1.07. The smallest absolute Gasteiger partial charge is 0.354 e. The molecule has 0 atom stereocenters. The number of carbonyl (C=O) groups is 1. The van der Waals surface area contributed by atoms with Gasteiger partial charge in [0, 0.05) is 25.2 Å². The van der Waals surface area contributed by atoms with Gasteiger partial charge in [-0.05, 0) is 19.4 Å². The van der Waals surface area contributed by atoms with Crippen molar-refractivity contribution >= 4 is 11.9 Å². The Bertz CT molecular complexity index is 568. The molecule has 2 heterocycles. The average molecular weight is 262 g/mol. The summed E-state index contributed by atoms with van der Waals surface area (Å²) in [6.45, 7) is 2.50. The molecule has 0 spiro atoms. The quantitative estimate of drug-likeness (QED) is 0.761. The van der Waals surface area contributed by atoms with Crippen LogP contribution in [0.4, 0.5) is 5.95 Å². The lowest BCUT2D eigenvalue weighted by Gasteiger charge is -2.03. The van der Waals surface area contributed by atoms with Gasteiger partial charge in [-0.1, -0.05) is 5.16 Å². The Morgan fingerprint density at radius 2 is 2.37 bits per heavy atom. The van der Waals surface area contributed by atoms with Crippen LogP contribution in [0, 0.1) is 6.92 Å². The Morgan fingerprint density at radius 3 is 3.05 bits per heavy atom. The van der Waals surface area contributed by atoms with E-state index in [0.29, 0.717) is 12.5 Å². The molecule has 0 aliphatic rings. The molecule has 0 aliphatic carbocycles. The van der Waals surface area contributed by atoms with Crippen LogP contribution in [-0.2, 0) is 6.42 Å². The SMILES string of the molecule is Cc1cc(CCCNc2nccc(C(=O)O)n2)on1. The molecule has 0 unspecified atom stereocenters. The number of nitrogens with zero attached hydrogens (tertiary/aromatic N) is 3. The predicted octanol–water partition coefficient (Wildman–Crippen LogP) is 1.52. The Morgan fingerprint density at radius 1 is 1.53 bits per heavy atom. The molecule has 0 saturated carbocycles. The second-order valence-corrected chi connectivity index (χ2v) is 4.04. The van der Waals surface area contributed by atoms with Crippen LogP contribution in [0.25, 0.3) is 0 Å². The van der Waals surface area contributed by atoms with E-state index in [9.17, 15) is 4.79 Å². The fourth-order valence-corrected chi connectivity index (χ4v) is 1.56.